The van der Waals surface area contributed by atoms with E-state index in [0.29, 0.717) is 17.0 Å². The van der Waals surface area contributed by atoms with Crippen molar-refractivity contribution < 1.29 is 8.42 Å². The van der Waals surface area contributed by atoms with Crippen LogP contribution in [0, 0.1) is 0 Å². The van der Waals surface area contributed by atoms with Crippen molar-refractivity contribution in [2.24, 2.45) is 0 Å². The van der Waals surface area contributed by atoms with Crippen LogP contribution in [-0.4, -0.2) is 14.2 Å². The van der Waals surface area contributed by atoms with Gasteiger partial charge in [0, 0.05) is 5.69 Å². The first-order chi connectivity index (χ1) is 5.61. The summed E-state index contributed by atoms with van der Waals surface area (Å²) in [5.41, 5.74) is 7.01. The van der Waals surface area contributed by atoms with Gasteiger partial charge in [-0.2, -0.15) is 0 Å². The van der Waals surface area contributed by atoms with Crippen LogP contribution < -0.4 is 5.73 Å². The first-order valence-corrected chi connectivity index (χ1v) is 5.36. The number of hydrogen-bond acceptors (Lipinski definition) is 3. The molecule has 1 aliphatic heterocycles. The van der Waals surface area contributed by atoms with Crippen molar-refractivity contribution in [3.05, 3.63) is 23.8 Å². The normalized spacial score (nSPS) is 19.0. The Balaban J connectivity index is 2.78. The van der Waals surface area contributed by atoms with Gasteiger partial charge in [-0.05, 0) is 24.1 Å². The van der Waals surface area contributed by atoms with Crippen LogP contribution in [0.2, 0.25) is 0 Å². The molecule has 1 aromatic rings. The van der Waals surface area contributed by atoms with Gasteiger partial charge in [-0.25, -0.2) is 8.42 Å². The average molecular weight is 183 g/mol. The molecule has 12 heavy (non-hydrogen) atoms. The molecule has 0 spiro atoms. The number of benzene rings is 1. The van der Waals surface area contributed by atoms with Gasteiger partial charge in [0.15, 0.2) is 9.84 Å². The zero-order chi connectivity index (χ0) is 8.77. The molecule has 64 valence electrons. The second kappa shape index (κ2) is 2.23. The molecule has 4 heteroatoms. The predicted octanol–water partition coefficient (Wildman–Crippen LogP) is 0.599. The second-order valence-electron chi connectivity index (χ2n) is 2.89. The summed E-state index contributed by atoms with van der Waals surface area (Å²) in [6, 6.07) is 5.03. The smallest absolute Gasteiger partial charge is 0.179 e. The zero-order valence-corrected chi connectivity index (χ0v) is 7.26. The van der Waals surface area contributed by atoms with Crippen LogP contribution in [0.4, 0.5) is 5.69 Å². The van der Waals surface area contributed by atoms with Gasteiger partial charge in [-0.1, -0.05) is 6.07 Å². The Morgan fingerprint density at radius 3 is 2.75 bits per heavy atom. The van der Waals surface area contributed by atoms with Crippen LogP contribution in [0.15, 0.2) is 23.1 Å². The van der Waals surface area contributed by atoms with E-state index >= 15 is 0 Å². The lowest BCUT2D eigenvalue weighted by Gasteiger charge is -1.99. The molecule has 0 radical (unpaired) electrons. The SMILES string of the molecule is Nc1cccc2c1CCS2(=O)=O. The highest BCUT2D eigenvalue weighted by Gasteiger charge is 2.26. The van der Waals surface area contributed by atoms with Gasteiger partial charge in [0.05, 0.1) is 10.6 Å². The summed E-state index contributed by atoms with van der Waals surface area (Å²) in [6.07, 6.45) is 0.560. The number of nitrogens with two attached hydrogens (primary N) is 1. The van der Waals surface area contributed by atoms with Crippen LogP contribution in [0.25, 0.3) is 0 Å². The Morgan fingerprint density at radius 2 is 2.08 bits per heavy atom. The quantitative estimate of drug-likeness (QED) is 0.599. The lowest BCUT2D eigenvalue weighted by molar-refractivity contribution is 0.600. The van der Waals surface area contributed by atoms with Crippen LogP contribution in [0.3, 0.4) is 0 Å². The summed E-state index contributed by atoms with van der Waals surface area (Å²) in [7, 11) is -3.01. The first-order valence-electron chi connectivity index (χ1n) is 3.71. The summed E-state index contributed by atoms with van der Waals surface area (Å²) in [4.78, 5) is 0.419. The fourth-order valence-electron chi connectivity index (χ4n) is 1.49. The van der Waals surface area contributed by atoms with E-state index in [1.54, 1.807) is 18.2 Å². The minimum atomic E-state index is -3.01. The molecule has 1 aromatic carbocycles. The van der Waals surface area contributed by atoms with E-state index in [4.69, 9.17) is 5.73 Å². The predicted molar refractivity (Wildman–Crippen MR) is 46.6 cm³/mol. The van der Waals surface area contributed by atoms with Crippen molar-refractivity contribution >= 4 is 15.5 Å². The monoisotopic (exact) mass is 183 g/mol. The Labute approximate surface area is 71.1 Å². The van der Waals surface area contributed by atoms with Crippen molar-refractivity contribution in [1.29, 1.82) is 0 Å². The maximum Gasteiger partial charge on any atom is 0.179 e. The minimum absolute atomic E-state index is 0.205. The van der Waals surface area contributed by atoms with Gasteiger partial charge in [-0.3, -0.25) is 0 Å². The third kappa shape index (κ3) is 0.914. The van der Waals surface area contributed by atoms with Gasteiger partial charge in [-0.15, -0.1) is 0 Å². The molecule has 0 aliphatic carbocycles. The van der Waals surface area contributed by atoms with Crippen molar-refractivity contribution in [2.75, 3.05) is 11.5 Å². The molecule has 0 aromatic heterocycles. The molecule has 0 saturated heterocycles. The van der Waals surface area contributed by atoms with Crippen LogP contribution >= 0.6 is 0 Å². The zero-order valence-electron chi connectivity index (χ0n) is 6.45. The van der Waals surface area contributed by atoms with E-state index in [9.17, 15) is 8.42 Å². The molecule has 0 saturated carbocycles. The van der Waals surface area contributed by atoms with E-state index in [-0.39, 0.29) is 5.75 Å². The van der Waals surface area contributed by atoms with Crippen LogP contribution in [-0.2, 0) is 16.3 Å². The fraction of sp³-hybridized carbons (Fsp3) is 0.250. The average Bonchev–Trinajstić information content (AvgIpc) is 2.30. The summed E-state index contributed by atoms with van der Waals surface area (Å²) < 4.78 is 22.7. The van der Waals surface area contributed by atoms with Gasteiger partial charge in [0.2, 0.25) is 0 Å². The third-order valence-electron chi connectivity index (χ3n) is 2.13. The van der Waals surface area contributed by atoms with Gasteiger partial charge >= 0.3 is 0 Å². The van der Waals surface area contributed by atoms with E-state index in [1.807, 2.05) is 0 Å². The van der Waals surface area contributed by atoms with Crippen molar-refractivity contribution in [3.8, 4) is 0 Å². The third-order valence-corrected chi connectivity index (χ3v) is 3.92. The molecular weight excluding hydrogens is 174 g/mol. The van der Waals surface area contributed by atoms with Gasteiger partial charge in [0.1, 0.15) is 0 Å². The molecule has 0 unspecified atom stereocenters. The number of hydrogen-bond donors (Lipinski definition) is 1. The number of nitrogen functional groups attached to an aromatic ring is 1. The molecule has 2 rings (SSSR count). The standard InChI is InChI=1S/C8H9NO2S/c9-7-2-1-3-8-6(7)4-5-12(8,10)11/h1-3H,4-5,9H2. The summed E-state index contributed by atoms with van der Waals surface area (Å²) in [5.74, 6) is 0.205. The second-order valence-corrected chi connectivity index (χ2v) is 4.97. The fourth-order valence-corrected chi connectivity index (χ4v) is 3.06. The van der Waals surface area contributed by atoms with Crippen molar-refractivity contribution in [1.82, 2.24) is 0 Å². The largest absolute Gasteiger partial charge is 0.398 e. The molecule has 0 atom stereocenters. The topological polar surface area (TPSA) is 60.2 Å². The maximum atomic E-state index is 11.3. The van der Waals surface area contributed by atoms with Crippen LogP contribution in [0.5, 0.6) is 0 Å². The molecule has 2 N–H and O–H groups in total. The highest BCUT2D eigenvalue weighted by Crippen LogP contribution is 2.29. The Morgan fingerprint density at radius 1 is 1.33 bits per heavy atom. The molecule has 0 fully saturated rings. The minimum Gasteiger partial charge on any atom is -0.398 e. The lowest BCUT2D eigenvalue weighted by Crippen LogP contribution is -1.98. The van der Waals surface area contributed by atoms with E-state index in [0.717, 1.165) is 5.56 Å². The Hall–Kier alpha value is -1.03. The molecule has 0 bridgehead atoms. The summed E-state index contributed by atoms with van der Waals surface area (Å²) in [6.45, 7) is 0. The first kappa shape index (κ1) is 7.61. The van der Waals surface area contributed by atoms with Crippen LogP contribution in [0.1, 0.15) is 5.56 Å². The number of rotatable bonds is 0. The number of anilines is 1. The maximum absolute atomic E-state index is 11.3. The van der Waals surface area contributed by atoms with E-state index in [1.165, 1.54) is 0 Å². The molecular formula is C8H9NO2S. The van der Waals surface area contributed by atoms with Gasteiger partial charge < -0.3 is 5.73 Å². The van der Waals surface area contributed by atoms with Crippen molar-refractivity contribution in [2.45, 2.75) is 11.3 Å². The molecule has 1 aliphatic rings. The number of sulfone groups is 1. The van der Waals surface area contributed by atoms with Crippen molar-refractivity contribution in [3.63, 3.8) is 0 Å². The summed E-state index contributed by atoms with van der Waals surface area (Å²) in [5, 5.41) is 0. The highest BCUT2D eigenvalue weighted by atomic mass is 32.2. The molecule has 0 amide bonds. The Bertz CT molecular complexity index is 423. The molecule has 1 heterocycles. The van der Waals surface area contributed by atoms with E-state index in [2.05, 4.69) is 0 Å². The van der Waals surface area contributed by atoms with E-state index < -0.39 is 9.84 Å². The number of fused-ring (bicyclic) bond motifs is 1. The Kier molecular flexibility index (Phi) is 1.41. The van der Waals surface area contributed by atoms with Gasteiger partial charge in [0.25, 0.3) is 0 Å². The lowest BCUT2D eigenvalue weighted by atomic mass is 10.1. The highest BCUT2D eigenvalue weighted by molar-refractivity contribution is 7.91. The molecule has 3 nitrogen and oxygen atoms in total. The summed E-state index contributed by atoms with van der Waals surface area (Å²) >= 11 is 0.